The molecule has 0 amide bonds. The van der Waals surface area contributed by atoms with Crippen molar-refractivity contribution in [1.29, 1.82) is 0 Å². The van der Waals surface area contributed by atoms with E-state index in [1.165, 1.54) is 28.0 Å². The van der Waals surface area contributed by atoms with Crippen molar-refractivity contribution in [3.63, 3.8) is 0 Å². The van der Waals surface area contributed by atoms with E-state index in [2.05, 4.69) is 9.71 Å². The lowest BCUT2D eigenvalue weighted by Gasteiger charge is -2.05. The Labute approximate surface area is 159 Å². The van der Waals surface area contributed by atoms with E-state index in [9.17, 15) is 13.2 Å². The van der Waals surface area contributed by atoms with Crippen LogP contribution in [-0.2, 0) is 16.6 Å². The molecule has 1 N–H and O–H groups in total. The number of rotatable bonds is 5. The van der Waals surface area contributed by atoms with Crippen LogP contribution >= 0.6 is 11.3 Å². The first-order chi connectivity index (χ1) is 13.0. The number of anilines is 1. The lowest BCUT2D eigenvalue weighted by Crippen LogP contribution is -2.13. The summed E-state index contributed by atoms with van der Waals surface area (Å²) >= 11 is 1.20. The highest BCUT2D eigenvalue weighted by Crippen LogP contribution is 2.27. The molecule has 0 fully saturated rings. The van der Waals surface area contributed by atoms with Crippen LogP contribution in [0.2, 0.25) is 0 Å². The summed E-state index contributed by atoms with van der Waals surface area (Å²) in [6, 6.07) is 13.8. The summed E-state index contributed by atoms with van der Waals surface area (Å²) in [7, 11) is -3.86. The van der Waals surface area contributed by atoms with Gasteiger partial charge in [-0.05, 0) is 19.1 Å². The van der Waals surface area contributed by atoms with Gasteiger partial charge in [-0.25, -0.2) is 18.2 Å². The van der Waals surface area contributed by atoms with Crippen molar-refractivity contribution in [3.8, 4) is 11.3 Å². The number of hydrogen-bond acceptors (Lipinski definition) is 6. The number of aromatic nitrogens is 2. The molecule has 4 aromatic rings. The molecule has 9 heteroatoms. The van der Waals surface area contributed by atoms with Crippen molar-refractivity contribution in [1.82, 2.24) is 9.55 Å². The normalized spacial score (nSPS) is 11.7. The van der Waals surface area contributed by atoms with Crippen molar-refractivity contribution in [2.75, 3.05) is 4.72 Å². The summed E-state index contributed by atoms with van der Waals surface area (Å²) in [6.07, 6.45) is 0. The third-order valence-electron chi connectivity index (χ3n) is 4.06. The second kappa shape index (κ2) is 6.67. The molecule has 0 saturated heterocycles. The number of hydrogen-bond donors (Lipinski definition) is 1. The van der Waals surface area contributed by atoms with Crippen LogP contribution in [0.25, 0.3) is 22.4 Å². The Hall–Kier alpha value is -2.91. The van der Waals surface area contributed by atoms with Crippen LogP contribution in [0.3, 0.4) is 0 Å². The third kappa shape index (κ3) is 3.26. The Morgan fingerprint density at radius 1 is 1.19 bits per heavy atom. The second-order valence-corrected chi connectivity index (χ2v) is 8.29. The number of benzene rings is 2. The summed E-state index contributed by atoms with van der Waals surface area (Å²) in [5.41, 5.74) is 2.39. The molecule has 4 rings (SSSR count). The minimum Gasteiger partial charge on any atom is -0.408 e. The van der Waals surface area contributed by atoms with Gasteiger partial charge in [0.2, 0.25) is 0 Å². The van der Waals surface area contributed by atoms with E-state index in [4.69, 9.17) is 4.42 Å². The lowest BCUT2D eigenvalue weighted by molar-refractivity contribution is 0.512. The molecule has 2 aromatic heterocycles. The van der Waals surface area contributed by atoms with Crippen LogP contribution in [0.4, 0.5) is 5.13 Å². The van der Waals surface area contributed by atoms with Gasteiger partial charge in [0.25, 0.3) is 10.0 Å². The monoisotopic (exact) mass is 401 g/mol. The summed E-state index contributed by atoms with van der Waals surface area (Å²) in [5.74, 6) is -0.512. The van der Waals surface area contributed by atoms with Gasteiger partial charge in [-0.15, -0.1) is 11.3 Å². The minimum atomic E-state index is -3.86. The van der Waals surface area contributed by atoms with Gasteiger partial charge in [0.1, 0.15) is 0 Å². The topological polar surface area (TPSA) is 94.2 Å². The molecule has 0 spiro atoms. The number of nitrogens with one attached hydrogen (secondary N) is 1. The van der Waals surface area contributed by atoms with Crippen LogP contribution in [0.15, 0.2) is 68.0 Å². The number of nitrogens with zero attached hydrogens (tertiary/aromatic N) is 2. The first-order valence-corrected chi connectivity index (χ1v) is 10.5. The van der Waals surface area contributed by atoms with Crippen molar-refractivity contribution in [3.05, 3.63) is 64.5 Å². The molecule has 27 heavy (non-hydrogen) atoms. The Morgan fingerprint density at radius 2 is 1.96 bits per heavy atom. The zero-order valence-electron chi connectivity index (χ0n) is 14.2. The predicted octanol–water partition coefficient (Wildman–Crippen LogP) is 3.54. The van der Waals surface area contributed by atoms with E-state index in [1.54, 1.807) is 11.4 Å². The number of fused-ring (bicyclic) bond motifs is 1. The number of oxazole rings is 1. The highest BCUT2D eigenvalue weighted by atomic mass is 32.2. The zero-order chi connectivity index (χ0) is 19.0. The highest BCUT2D eigenvalue weighted by molar-refractivity contribution is 7.93. The molecule has 0 aliphatic carbocycles. The molecule has 0 atom stereocenters. The van der Waals surface area contributed by atoms with E-state index < -0.39 is 15.8 Å². The van der Waals surface area contributed by atoms with Gasteiger partial charge in [0.15, 0.2) is 10.7 Å². The first-order valence-electron chi connectivity index (χ1n) is 8.15. The van der Waals surface area contributed by atoms with E-state index in [1.807, 2.05) is 37.3 Å². The fourth-order valence-corrected chi connectivity index (χ4v) is 4.74. The maximum atomic E-state index is 12.7. The summed E-state index contributed by atoms with van der Waals surface area (Å²) in [6.45, 7) is 2.26. The Kier molecular flexibility index (Phi) is 4.33. The van der Waals surface area contributed by atoms with Gasteiger partial charge in [-0.3, -0.25) is 9.29 Å². The number of thiazole rings is 1. The molecule has 7 nitrogen and oxygen atoms in total. The average Bonchev–Trinajstić information content (AvgIpc) is 3.24. The maximum absolute atomic E-state index is 12.7. The number of sulfonamides is 1. The molecule has 0 aliphatic heterocycles. The van der Waals surface area contributed by atoms with Gasteiger partial charge in [0, 0.05) is 23.6 Å². The van der Waals surface area contributed by atoms with E-state index in [-0.39, 0.29) is 15.6 Å². The molecule has 138 valence electrons. The quantitative estimate of drug-likeness (QED) is 0.552. The molecule has 0 aliphatic rings. The fourth-order valence-electron chi connectivity index (χ4n) is 2.75. The maximum Gasteiger partial charge on any atom is 0.419 e. The summed E-state index contributed by atoms with van der Waals surface area (Å²) in [5, 5.41) is 2.05. The smallest absolute Gasteiger partial charge is 0.408 e. The van der Waals surface area contributed by atoms with Gasteiger partial charge in [-0.2, -0.15) is 0 Å². The van der Waals surface area contributed by atoms with Crippen LogP contribution in [0.5, 0.6) is 0 Å². The molecule has 2 heterocycles. The molecule has 2 aromatic carbocycles. The molecule has 0 bridgehead atoms. The Morgan fingerprint density at radius 3 is 2.70 bits per heavy atom. The SMILES string of the molecule is CCn1c(=O)oc2cc(S(=O)(=O)Nc3nc(-c4ccccc4)cs3)ccc21. The third-order valence-corrected chi connectivity index (χ3v) is 6.29. The highest BCUT2D eigenvalue weighted by Gasteiger charge is 2.19. The molecule has 0 unspecified atom stereocenters. The van der Waals surface area contributed by atoms with Crippen LogP contribution in [0.1, 0.15) is 6.92 Å². The van der Waals surface area contributed by atoms with Crippen LogP contribution in [-0.4, -0.2) is 18.0 Å². The van der Waals surface area contributed by atoms with Crippen LogP contribution in [0, 0.1) is 0 Å². The molecular formula is C18H15N3O4S2. The van der Waals surface area contributed by atoms with Crippen molar-refractivity contribution in [2.45, 2.75) is 18.4 Å². The van der Waals surface area contributed by atoms with Crippen molar-refractivity contribution in [2.24, 2.45) is 0 Å². The standard InChI is InChI=1S/C18H15N3O4S2/c1-2-21-15-9-8-13(10-16(15)25-18(21)22)27(23,24)20-17-19-14(11-26-17)12-6-4-3-5-7-12/h3-11H,2H2,1H3,(H,19,20). The first kappa shape index (κ1) is 17.5. The van der Waals surface area contributed by atoms with Gasteiger partial charge in [0.05, 0.1) is 16.1 Å². The van der Waals surface area contributed by atoms with Crippen molar-refractivity contribution >= 4 is 37.6 Å². The van der Waals surface area contributed by atoms with Crippen molar-refractivity contribution < 1.29 is 12.8 Å². The van der Waals surface area contributed by atoms with Crippen LogP contribution < -0.4 is 10.5 Å². The fraction of sp³-hybridized carbons (Fsp3) is 0.111. The zero-order valence-corrected chi connectivity index (χ0v) is 15.9. The Balaban J connectivity index is 1.65. The average molecular weight is 401 g/mol. The second-order valence-electron chi connectivity index (χ2n) is 5.75. The van der Waals surface area contributed by atoms with Gasteiger partial charge < -0.3 is 4.42 Å². The lowest BCUT2D eigenvalue weighted by atomic mass is 10.2. The molecule has 0 radical (unpaired) electrons. The summed E-state index contributed by atoms with van der Waals surface area (Å²) in [4.78, 5) is 16.1. The minimum absolute atomic E-state index is 0.00321. The Bertz CT molecular complexity index is 1270. The van der Waals surface area contributed by atoms with E-state index in [0.29, 0.717) is 17.8 Å². The van der Waals surface area contributed by atoms with E-state index in [0.717, 1.165) is 5.56 Å². The molecular weight excluding hydrogens is 386 g/mol. The van der Waals surface area contributed by atoms with E-state index >= 15 is 0 Å². The number of aryl methyl sites for hydroxylation is 1. The van der Waals surface area contributed by atoms with Gasteiger partial charge >= 0.3 is 5.76 Å². The van der Waals surface area contributed by atoms with Gasteiger partial charge in [-0.1, -0.05) is 30.3 Å². The summed E-state index contributed by atoms with van der Waals surface area (Å²) < 4.78 is 34.4. The largest absolute Gasteiger partial charge is 0.419 e. The predicted molar refractivity (Wildman–Crippen MR) is 105 cm³/mol. The molecule has 0 saturated carbocycles.